The van der Waals surface area contributed by atoms with Gasteiger partial charge in [-0.25, -0.2) is 0 Å². The van der Waals surface area contributed by atoms with E-state index in [1.54, 1.807) is 31.5 Å². The summed E-state index contributed by atoms with van der Waals surface area (Å²) in [5, 5.41) is 0. The predicted molar refractivity (Wildman–Crippen MR) is 64.3 cm³/mol. The summed E-state index contributed by atoms with van der Waals surface area (Å²) in [4.78, 5) is 15.0. The molecule has 0 atom stereocenters. The number of nitrogens with zero attached hydrogens (tertiary/aromatic N) is 1. The predicted octanol–water partition coefficient (Wildman–Crippen LogP) is 2.19. The first-order valence-electron chi connectivity index (χ1n) is 4.58. The second-order valence-corrected chi connectivity index (χ2v) is 3.27. The van der Waals surface area contributed by atoms with E-state index in [1.165, 1.54) is 6.92 Å². The maximum atomic E-state index is 11.2. The van der Waals surface area contributed by atoms with E-state index in [0.717, 1.165) is 5.56 Å². The molecule has 3 heteroatoms. The molecule has 0 heterocycles. The van der Waals surface area contributed by atoms with Crippen molar-refractivity contribution in [1.82, 2.24) is 0 Å². The van der Waals surface area contributed by atoms with Gasteiger partial charge in [0.05, 0.1) is 0 Å². The van der Waals surface area contributed by atoms with Gasteiger partial charge in [0.25, 0.3) is 0 Å². The third-order valence-electron chi connectivity index (χ3n) is 2.09. The molecule has 0 radical (unpaired) electrons. The van der Waals surface area contributed by atoms with Crippen LogP contribution in [0.2, 0.25) is 0 Å². The Labute approximate surface area is 89.3 Å². The largest absolute Gasteiger partial charge is 0.398 e. The number of hydrogen-bond donors (Lipinski definition) is 1. The number of carbonyl (C=O) groups excluding carboxylic acids is 1. The molecule has 0 saturated heterocycles. The van der Waals surface area contributed by atoms with Gasteiger partial charge in [0, 0.05) is 30.1 Å². The Hall–Kier alpha value is -1.90. The summed E-state index contributed by atoms with van der Waals surface area (Å²) in [7, 11) is 1.66. The molecule has 1 aromatic carbocycles. The van der Waals surface area contributed by atoms with E-state index in [-0.39, 0.29) is 5.78 Å². The Morgan fingerprint density at radius 2 is 2.20 bits per heavy atom. The molecule has 0 amide bonds. The molecular formula is C12H14N2O. The maximum absolute atomic E-state index is 11.2. The Bertz CT molecular complexity index is 433. The van der Waals surface area contributed by atoms with Crippen molar-refractivity contribution in [3.63, 3.8) is 0 Å². The molecule has 1 aromatic rings. The normalized spacial score (nSPS) is 10.5. The first-order chi connectivity index (χ1) is 7.06. The van der Waals surface area contributed by atoms with Crippen molar-refractivity contribution in [2.24, 2.45) is 4.99 Å². The van der Waals surface area contributed by atoms with E-state index in [4.69, 9.17) is 5.73 Å². The van der Waals surface area contributed by atoms with Crippen LogP contribution in [0.15, 0.2) is 29.8 Å². The lowest BCUT2D eigenvalue weighted by Crippen LogP contribution is -1.99. The first kappa shape index (κ1) is 11.2. The number of nitrogens with two attached hydrogens (primary N) is 1. The van der Waals surface area contributed by atoms with E-state index in [9.17, 15) is 4.79 Å². The van der Waals surface area contributed by atoms with Gasteiger partial charge in [-0.05, 0) is 30.7 Å². The fourth-order valence-corrected chi connectivity index (χ4v) is 1.28. The van der Waals surface area contributed by atoms with Gasteiger partial charge in [0.15, 0.2) is 5.78 Å². The van der Waals surface area contributed by atoms with Crippen molar-refractivity contribution < 1.29 is 4.79 Å². The van der Waals surface area contributed by atoms with Gasteiger partial charge in [-0.3, -0.25) is 9.79 Å². The molecule has 0 bridgehead atoms. The van der Waals surface area contributed by atoms with Crippen LogP contribution in [0.25, 0.3) is 5.57 Å². The van der Waals surface area contributed by atoms with Crippen molar-refractivity contribution in [2.75, 3.05) is 12.8 Å². The van der Waals surface area contributed by atoms with E-state index in [0.29, 0.717) is 16.8 Å². The molecule has 0 aliphatic heterocycles. The van der Waals surface area contributed by atoms with Gasteiger partial charge >= 0.3 is 0 Å². The smallest absolute Gasteiger partial charge is 0.159 e. The number of Topliss-reactive ketones (excluding diaryl/α,β-unsaturated/α-hetero) is 1. The summed E-state index contributed by atoms with van der Waals surface area (Å²) in [5.74, 6) is 0.0116. The third-order valence-corrected chi connectivity index (χ3v) is 2.09. The van der Waals surface area contributed by atoms with Crippen molar-refractivity contribution in [3.05, 3.63) is 35.9 Å². The first-order valence-corrected chi connectivity index (χ1v) is 4.58. The van der Waals surface area contributed by atoms with Gasteiger partial charge in [-0.15, -0.1) is 0 Å². The van der Waals surface area contributed by atoms with E-state index >= 15 is 0 Å². The number of benzene rings is 1. The number of allylic oxidation sites excluding steroid dienone is 1. The third kappa shape index (κ3) is 2.53. The van der Waals surface area contributed by atoms with Gasteiger partial charge in [-0.2, -0.15) is 0 Å². The zero-order valence-corrected chi connectivity index (χ0v) is 8.95. The molecular weight excluding hydrogens is 188 g/mol. The second-order valence-electron chi connectivity index (χ2n) is 3.27. The molecule has 0 aliphatic rings. The molecule has 0 fully saturated rings. The summed E-state index contributed by atoms with van der Waals surface area (Å²) in [6.07, 6.45) is 1.62. The highest BCUT2D eigenvalue weighted by Gasteiger charge is 2.05. The highest BCUT2D eigenvalue weighted by atomic mass is 16.1. The fourth-order valence-electron chi connectivity index (χ4n) is 1.28. The summed E-state index contributed by atoms with van der Waals surface area (Å²) < 4.78 is 0. The minimum Gasteiger partial charge on any atom is -0.398 e. The second kappa shape index (κ2) is 4.55. The Kier molecular flexibility index (Phi) is 3.39. The molecule has 3 nitrogen and oxygen atoms in total. The van der Waals surface area contributed by atoms with Crippen LogP contribution in [-0.2, 0) is 0 Å². The number of ketones is 1. The van der Waals surface area contributed by atoms with Gasteiger partial charge < -0.3 is 5.73 Å². The summed E-state index contributed by atoms with van der Waals surface area (Å²) >= 11 is 0. The number of hydrogen-bond acceptors (Lipinski definition) is 3. The number of nitrogen functional groups attached to an aromatic ring is 1. The van der Waals surface area contributed by atoms with Crippen molar-refractivity contribution in [1.29, 1.82) is 0 Å². The van der Waals surface area contributed by atoms with Gasteiger partial charge in [0.2, 0.25) is 0 Å². The lowest BCUT2D eigenvalue weighted by Gasteiger charge is -2.06. The van der Waals surface area contributed by atoms with Crippen LogP contribution in [0.4, 0.5) is 5.69 Å². The average molecular weight is 202 g/mol. The van der Waals surface area contributed by atoms with E-state index in [1.807, 2.05) is 0 Å². The molecule has 2 N–H and O–H groups in total. The molecule has 1 rings (SSSR count). The lowest BCUT2D eigenvalue weighted by molar-refractivity contribution is 0.101. The molecule has 0 saturated carbocycles. The molecule has 0 spiro atoms. The minimum atomic E-state index is 0.0116. The molecule has 15 heavy (non-hydrogen) atoms. The molecule has 0 aliphatic carbocycles. The van der Waals surface area contributed by atoms with Crippen molar-refractivity contribution in [2.45, 2.75) is 6.92 Å². The van der Waals surface area contributed by atoms with Crippen LogP contribution in [-0.4, -0.2) is 19.0 Å². The Morgan fingerprint density at radius 1 is 1.53 bits per heavy atom. The van der Waals surface area contributed by atoms with Gasteiger partial charge in [-0.1, -0.05) is 6.58 Å². The van der Waals surface area contributed by atoms with Crippen LogP contribution >= 0.6 is 0 Å². The van der Waals surface area contributed by atoms with Crippen LogP contribution in [0, 0.1) is 0 Å². The van der Waals surface area contributed by atoms with Crippen LogP contribution in [0.3, 0.4) is 0 Å². The number of aliphatic imine (C=N–C) groups is 1. The number of carbonyl (C=O) groups is 1. The zero-order chi connectivity index (χ0) is 11.4. The molecule has 0 aromatic heterocycles. The highest BCUT2D eigenvalue weighted by molar-refractivity contribution is 6.11. The standard InChI is InChI=1S/C12H14N2O/c1-8(7-14-3)11-6-10(9(2)15)4-5-12(11)13/h4-7H,1,13H2,2-3H3. The fraction of sp³-hybridized carbons (Fsp3) is 0.167. The topological polar surface area (TPSA) is 55.5 Å². The summed E-state index contributed by atoms with van der Waals surface area (Å²) in [6, 6.07) is 5.15. The lowest BCUT2D eigenvalue weighted by atomic mass is 10.0. The average Bonchev–Trinajstić information content (AvgIpc) is 2.18. The van der Waals surface area contributed by atoms with Crippen LogP contribution in [0.1, 0.15) is 22.8 Å². The van der Waals surface area contributed by atoms with Crippen LogP contribution < -0.4 is 5.73 Å². The summed E-state index contributed by atoms with van der Waals surface area (Å²) in [5.41, 5.74) is 8.48. The Morgan fingerprint density at radius 3 is 2.73 bits per heavy atom. The van der Waals surface area contributed by atoms with E-state index in [2.05, 4.69) is 11.6 Å². The van der Waals surface area contributed by atoms with Gasteiger partial charge in [0.1, 0.15) is 0 Å². The van der Waals surface area contributed by atoms with Crippen molar-refractivity contribution in [3.8, 4) is 0 Å². The molecule has 78 valence electrons. The highest BCUT2D eigenvalue weighted by Crippen LogP contribution is 2.20. The quantitative estimate of drug-likeness (QED) is 0.464. The number of anilines is 1. The zero-order valence-electron chi connectivity index (χ0n) is 8.95. The van der Waals surface area contributed by atoms with Crippen LogP contribution in [0.5, 0.6) is 0 Å². The SMILES string of the molecule is C=C(C=NC)c1cc(C(C)=O)ccc1N. The number of rotatable bonds is 3. The van der Waals surface area contributed by atoms with Crippen molar-refractivity contribution >= 4 is 23.3 Å². The van der Waals surface area contributed by atoms with E-state index < -0.39 is 0 Å². The molecule has 0 unspecified atom stereocenters. The minimum absolute atomic E-state index is 0.0116. The maximum Gasteiger partial charge on any atom is 0.159 e. The summed E-state index contributed by atoms with van der Waals surface area (Å²) in [6.45, 7) is 5.36. The monoisotopic (exact) mass is 202 g/mol. The Balaban J connectivity index is 3.22.